The summed E-state index contributed by atoms with van der Waals surface area (Å²) in [6, 6.07) is 20.8. The summed E-state index contributed by atoms with van der Waals surface area (Å²) in [4.78, 5) is 14.0. The SMILES string of the molecule is CCN(CC)C(=O)/C=C/c1ccc(Cn2c(-c3ccc(O)cc3)c(C)c3cc(O)ccc32)cc1. The maximum absolute atomic E-state index is 12.2. The Hall–Kier alpha value is -3.99. The number of benzene rings is 3. The van der Waals surface area contributed by atoms with Gasteiger partial charge in [-0.3, -0.25) is 4.79 Å². The molecule has 0 aliphatic heterocycles. The average molecular weight is 455 g/mol. The normalized spacial score (nSPS) is 11.4. The van der Waals surface area contributed by atoms with Gasteiger partial charge < -0.3 is 19.7 Å². The molecule has 5 heteroatoms. The molecule has 0 bridgehead atoms. The van der Waals surface area contributed by atoms with Crippen molar-refractivity contribution in [2.24, 2.45) is 0 Å². The second-order valence-electron chi connectivity index (χ2n) is 8.39. The van der Waals surface area contributed by atoms with Crippen LogP contribution in [0.25, 0.3) is 28.2 Å². The predicted octanol–water partition coefficient (Wildman–Crippen LogP) is 5.96. The first-order valence-corrected chi connectivity index (χ1v) is 11.6. The van der Waals surface area contributed by atoms with Crippen LogP contribution in [0.1, 0.15) is 30.5 Å². The van der Waals surface area contributed by atoms with Gasteiger partial charge in [-0.05, 0) is 91.6 Å². The zero-order chi connectivity index (χ0) is 24.2. The third-order valence-electron chi connectivity index (χ3n) is 6.25. The number of aromatic hydroxyl groups is 2. The number of carbonyl (C=O) groups is 1. The lowest BCUT2D eigenvalue weighted by molar-refractivity contribution is -0.125. The molecule has 0 fully saturated rings. The number of nitrogens with zero attached hydrogens (tertiary/aromatic N) is 2. The molecule has 0 saturated heterocycles. The molecule has 174 valence electrons. The number of carbonyl (C=O) groups excluding carboxylic acids is 1. The van der Waals surface area contributed by atoms with Crippen LogP contribution >= 0.6 is 0 Å². The molecule has 0 saturated carbocycles. The lowest BCUT2D eigenvalue weighted by Crippen LogP contribution is -2.28. The summed E-state index contributed by atoms with van der Waals surface area (Å²) in [5.74, 6) is 0.482. The highest BCUT2D eigenvalue weighted by Crippen LogP contribution is 2.36. The molecule has 34 heavy (non-hydrogen) atoms. The minimum absolute atomic E-state index is 0.0187. The van der Waals surface area contributed by atoms with Gasteiger partial charge in [0.25, 0.3) is 0 Å². The van der Waals surface area contributed by atoms with Crippen molar-refractivity contribution in [3.8, 4) is 22.8 Å². The van der Waals surface area contributed by atoms with E-state index in [0.29, 0.717) is 19.6 Å². The highest BCUT2D eigenvalue weighted by atomic mass is 16.3. The molecule has 1 amide bonds. The molecule has 4 aromatic rings. The molecule has 0 unspecified atom stereocenters. The van der Waals surface area contributed by atoms with Crippen molar-refractivity contribution >= 4 is 22.9 Å². The van der Waals surface area contributed by atoms with Crippen molar-refractivity contribution in [3.05, 3.63) is 89.5 Å². The minimum Gasteiger partial charge on any atom is -0.508 e. The molecule has 0 atom stereocenters. The largest absolute Gasteiger partial charge is 0.508 e. The second kappa shape index (κ2) is 9.87. The Balaban J connectivity index is 1.67. The van der Waals surface area contributed by atoms with Crippen LogP contribution in [0, 0.1) is 6.92 Å². The van der Waals surface area contributed by atoms with Crippen LogP contribution in [-0.2, 0) is 11.3 Å². The standard InChI is InChI=1S/C29H30N2O3/c1-4-30(5-2)28(34)17-10-21-6-8-22(9-7-21)19-31-27-16-15-25(33)18-26(27)20(3)29(31)23-11-13-24(32)14-12-23/h6-18,32-33H,4-5,19H2,1-3H3/b17-10+. The molecule has 4 rings (SSSR count). The Kier molecular flexibility index (Phi) is 6.73. The van der Waals surface area contributed by atoms with Crippen LogP contribution in [0.5, 0.6) is 11.5 Å². The first-order chi connectivity index (χ1) is 16.4. The van der Waals surface area contributed by atoms with E-state index in [2.05, 4.69) is 23.6 Å². The predicted molar refractivity (Wildman–Crippen MR) is 138 cm³/mol. The Labute approximate surface area is 200 Å². The van der Waals surface area contributed by atoms with Crippen molar-refractivity contribution in [2.75, 3.05) is 13.1 Å². The van der Waals surface area contributed by atoms with Crippen molar-refractivity contribution in [1.82, 2.24) is 9.47 Å². The van der Waals surface area contributed by atoms with Gasteiger partial charge in [-0.1, -0.05) is 24.3 Å². The van der Waals surface area contributed by atoms with E-state index in [0.717, 1.165) is 38.9 Å². The third-order valence-corrected chi connectivity index (χ3v) is 6.25. The van der Waals surface area contributed by atoms with Crippen LogP contribution in [0.15, 0.2) is 72.8 Å². The fourth-order valence-corrected chi connectivity index (χ4v) is 4.39. The molecule has 0 aliphatic rings. The molecular weight excluding hydrogens is 424 g/mol. The molecular formula is C29H30N2O3. The first kappa shape index (κ1) is 23.2. The van der Waals surface area contributed by atoms with E-state index in [1.807, 2.05) is 50.3 Å². The average Bonchev–Trinajstić information content (AvgIpc) is 3.10. The lowest BCUT2D eigenvalue weighted by Gasteiger charge is -2.15. The molecule has 0 radical (unpaired) electrons. The summed E-state index contributed by atoms with van der Waals surface area (Å²) < 4.78 is 2.24. The van der Waals surface area contributed by atoms with E-state index < -0.39 is 0 Å². The van der Waals surface area contributed by atoms with Crippen molar-refractivity contribution in [2.45, 2.75) is 27.3 Å². The van der Waals surface area contributed by atoms with Crippen LogP contribution < -0.4 is 0 Å². The molecule has 3 aromatic carbocycles. The van der Waals surface area contributed by atoms with Crippen LogP contribution in [0.2, 0.25) is 0 Å². The maximum atomic E-state index is 12.2. The molecule has 2 N–H and O–H groups in total. The van der Waals surface area contributed by atoms with E-state index in [1.165, 1.54) is 0 Å². The van der Waals surface area contributed by atoms with E-state index in [-0.39, 0.29) is 17.4 Å². The molecule has 5 nitrogen and oxygen atoms in total. The van der Waals surface area contributed by atoms with Crippen LogP contribution in [0.3, 0.4) is 0 Å². The lowest BCUT2D eigenvalue weighted by atomic mass is 10.1. The zero-order valence-corrected chi connectivity index (χ0v) is 19.8. The summed E-state index contributed by atoms with van der Waals surface area (Å²) in [6.45, 7) is 8.05. The summed E-state index contributed by atoms with van der Waals surface area (Å²) in [5.41, 5.74) is 6.26. The number of fused-ring (bicyclic) bond motifs is 1. The number of aryl methyl sites for hydroxylation is 1. The maximum Gasteiger partial charge on any atom is 0.246 e. The van der Waals surface area contributed by atoms with Crippen molar-refractivity contribution in [3.63, 3.8) is 0 Å². The Bertz CT molecular complexity index is 1330. The third kappa shape index (κ3) is 4.69. The van der Waals surface area contributed by atoms with Gasteiger partial charge in [0.05, 0.1) is 5.69 Å². The van der Waals surface area contributed by atoms with E-state index in [1.54, 1.807) is 35.2 Å². The number of rotatable bonds is 7. The summed E-state index contributed by atoms with van der Waals surface area (Å²) in [7, 11) is 0. The smallest absolute Gasteiger partial charge is 0.246 e. The van der Waals surface area contributed by atoms with Crippen molar-refractivity contribution in [1.29, 1.82) is 0 Å². The van der Waals surface area contributed by atoms with E-state index in [4.69, 9.17) is 0 Å². The Morgan fingerprint density at radius 3 is 2.21 bits per heavy atom. The van der Waals surface area contributed by atoms with Gasteiger partial charge >= 0.3 is 0 Å². The summed E-state index contributed by atoms with van der Waals surface area (Å²) >= 11 is 0. The number of hydrogen-bond acceptors (Lipinski definition) is 3. The molecule has 1 aromatic heterocycles. The van der Waals surface area contributed by atoms with Gasteiger partial charge in [0, 0.05) is 36.6 Å². The molecule has 0 aliphatic carbocycles. The highest BCUT2D eigenvalue weighted by molar-refractivity contribution is 5.93. The first-order valence-electron chi connectivity index (χ1n) is 11.6. The minimum atomic E-state index is 0.0187. The molecule has 0 spiro atoms. The van der Waals surface area contributed by atoms with Gasteiger partial charge in [0.1, 0.15) is 11.5 Å². The summed E-state index contributed by atoms with van der Waals surface area (Å²) in [6.07, 6.45) is 3.48. The topological polar surface area (TPSA) is 65.7 Å². The highest BCUT2D eigenvalue weighted by Gasteiger charge is 2.17. The quantitative estimate of drug-likeness (QED) is 0.339. The van der Waals surface area contributed by atoms with Crippen LogP contribution in [-0.4, -0.2) is 38.7 Å². The summed E-state index contributed by atoms with van der Waals surface area (Å²) in [5, 5.41) is 20.8. The molecule has 1 heterocycles. The van der Waals surface area contributed by atoms with Crippen molar-refractivity contribution < 1.29 is 15.0 Å². The fraction of sp³-hybridized carbons (Fsp3) is 0.207. The van der Waals surface area contributed by atoms with Crippen LogP contribution in [0.4, 0.5) is 0 Å². The Morgan fingerprint density at radius 1 is 0.912 bits per heavy atom. The van der Waals surface area contributed by atoms with Gasteiger partial charge in [-0.2, -0.15) is 0 Å². The second-order valence-corrected chi connectivity index (χ2v) is 8.39. The monoisotopic (exact) mass is 454 g/mol. The Morgan fingerprint density at radius 2 is 1.56 bits per heavy atom. The number of hydrogen-bond donors (Lipinski definition) is 2. The number of likely N-dealkylation sites (N-methyl/N-ethyl adjacent to an activating group) is 1. The van der Waals surface area contributed by atoms with E-state index in [9.17, 15) is 15.0 Å². The van der Waals surface area contributed by atoms with E-state index >= 15 is 0 Å². The van der Waals surface area contributed by atoms with Gasteiger partial charge in [-0.15, -0.1) is 0 Å². The van der Waals surface area contributed by atoms with Gasteiger partial charge in [0.2, 0.25) is 5.91 Å². The number of phenolic OH excluding ortho intramolecular Hbond substituents is 2. The number of amides is 1. The fourth-order valence-electron chi connectivity index (χ4n) is 4.39. The van der Waals surface area contributed by atoms with Gasteiger partial charge in [-0.25, -0.2) is 0 Å². The van der Waals surface area contributed by atoms with Gasteiger partial charge in [0.15, 0.2) is 0 Å². The zero-order valence-electron chi connectivity index (χ0n) is 19.8. The number of phenols is 2. The number of aromatic nitrogens is 1.